The summed E-state index contributed by atoms with van der Waals surface area (Å²) in [5.74, 6) is 0.0369. The summed E-state index contributed by atoms with van der Waals surface area (Å²) in [7, 11) is 0. The zero-order valence-corrected chi connectivity index (χ0v) is 10.6. The number of anilines is 2. The van der Waals surface area contributed by atoms with Gasteiger partial charge in [-0.25, -0.2) is 4.98 Å². The molecular weight excluding hydrogens is 252 g/mol. The van der Waals surface area contributed by atoms with E-state index in [1.807, 2.05) is 24.3 Å². The minimum absolute atomic E-state index is 0.282. The number of pyridine rings is 2. The maximum atomic E-state index is 12.2. The van der Waals surface area contributed by atoms with Gasteiger partial charge in [-0.2, -0.15) is 0 Å². The summed E-state index contributed by atoms with van der Waals surface area (Å²) in [6.07, 6.45) is 3.21. The van der Waals surface area contributed by atoms with Crippen LogP contribution in [-0.4, -0.2) is 15.9 Å². The molecule has 0 fully saturated rings. The molecule has 0 spiro atoms. The Bertz CT molecular complexity index is 771. The van der Waals surface area contributed by atoms with Crippen LogP contribution in [-0.2, 0) is 0 Å². The first-order chi connectivity index (χ1) is 9.74. The lowest BCUT2D eigenvalue weighted by Gasteiger charge is -2.07. The Balaban J connectivity index is 1.96. The van der Waals surface area contributed by atoms with Crippen LogP contribution < -0.4 is 11.1 Å². The minimum Gasteiger partial charge on any atom is -0.383 e. The highest BCUT2D eigenvalue weighted by atomic mass is 16.1. The Morgan fingerprint density at radius 1 is 1.15 bits per heavy atom. The van der Waals surface area contributed by atoms with Crippen LogP contribution >= 0.6 is 0 Å². The van der Waals surface area contributed by atoms with Crippen LogP contribution in [0.2, 0.25) is 0 Å². The van der Waals surface area contributed by atoms with E-state index in [-0.39, 0.29) is 11.6 Å². The van der Waals surface area contributed by atoms with E-state index in [1.165, 1.54) is 0 Å². The third-order valence-electron chi connectivity index (χ3n) is 2.92. The second-order valence-corrected chi connectivity index (χ2v) is 4.31. The van der Waals surface area contributed by atoms with Crippen LogP contribution in [0, 0.1) is 0 Å². The molecule has 2 aromatic heterocycles. The molecule has 0 aliphatic rings. The van der Waals surface area contributed by atoms with Gasteiger partial charge in [0.15, 0.2) is 0 Å². The molecule has 0 unspecified atom stereocenters. The number of nitrogens with one attached hydrogen (secondary N) is 1. The molecule has 0 saturated heterocycles. The van der Waals surface area contributed by atoms with Gasteiger partial charge in [0.05, 0.1) is 11.9 Å². The Kier molecular flexibility index (Phi) is 3.01. The van der Waals surface area contributed by atoms with Gasteiger partial charge >= 0.3 is 0 Å². The molecule has 98 valence electrons. The second-order valence-electron chi connectivity index (χ2n) is 4.31. The Hall–Kier alpha value is -2.95. The van der Waals surface area contributed by atoms with Crippen molar-refractivity contribution in [2.75, 3.05) is 11.1 Å². The van der Waals surface area contributed by atoms with Crippen molar-refractivity contribution < 1.29 is 4.79 Å². The molecule has 0 aliphatic heterocycles. The van der Waals surface area contributed by atoms with E-state index in [1.54, 1.807) is 30.6 Å². The molecule has 5 heteroatoms. The molecule has 3 N–H and O–H groups in total. The number of carbonyl (C=O) groups excluding carboxylic acids is 1. The normalized spacial score (nSPS) is 10.4. The van der Waals surface area contributed by atoms with Crippen LogP contribution in [0.4, 0.5) is 11.5 Å². The molecule has 3 aromatic rings. The molecule has 0 aliphatic carbocycles. The summed E-state index contributed by atoms with van der Waals surface area (Å²) in [6.45, 7) is 0. The van der Waals surface area contributed by atoms with Crippen molar-refractivity contribution in [1.82, 2.24) is 9.97 Å². The van der Waals surface area contributed by atoms with E-state index in [0.717, 1.165) is 10.8 Å². The van der Waals surface area contributed by atoms with E-state index < -0.39 is 0 Å². The predicted molar refractivity (Wildman–Crippen MR) is 78.3 cm³/mol. The first-order valence-electron chi connectivity index (χ1n) is 6.11. The molecule has 1 amide bonds. The van der Waals surface area contributed by atoms with Crippen molar-refractivity contribution in [3.8, 4) is 0 Å². The van der Waals surface area contributed by atoms with Gasteiger partial charge in [0, 0.05) is 11.6 Å². The van der Waals surface area contributed by atoms with Gasteiger partial charge in [-0.15, -0.1) is 0 Å². The Labute approximate surface area is 115 Å². The number of fused-ring (bicyclic) bond motifs is 1. The molecule has 0 radical (unpaired) electrons. The van der Waals surface area contributed by atoms with Crippen LogP contribution in [0.15, 0.2) is 54.9 Å². The first kappa shape index (κ1) is 12.1. The highest BCUT2D eigenvalue weighted by molar-refractivity contribution is 6.06. The van der Waals surface area contributed by atoms with Crippen LogP contribution in [0.1, 0.15) is 10.5 Å². The predicted octanol–water partition coefficient (Wildman–Crippen LogP) is 2.46. The number of hydrogen-bond acceptors (Lipinski definition) is 4. The molecule has 20 heavy (non-hydrogen) atoms. The SMILES string of the molecule is Nc1nc(C(=O)Nc2cccnc2)cc2ccccc12. The summed E-state index contributed by atoms with van der Waals surface area (Å²) in [6, 6.07) is 12.8. The van der Waals surface area contributed by atoms with Gasteiger partial charge in [0.25, 0.3) is 5.91 Å². The van der Waals surface area contributed by atoms with E-state index in [0.29, 0.717) is 11.5 Å². The van der Waals surface area contributed by atoms with E-state index in [4.69, 9.17) is 5.73 Å². The fraction of sp³-hybridized carbons (Fsp3) is 0. The van der Waals surface area contributed by atoms with Crippen molar-refractivity contribution in [2.24, 2.45) is 0 Å². The van der Waals surface area contributed by atoms with E-state index >= 15 is 0 Å². The third-order valence-corrected chi connectivity index (χ3v) is 2.92. The number of nitrogen functional groups attached to an aromatic ring is 1. The summed E-state index contributed by atoms with van der Waals surface area (Å²) in [5, 5.41) is 4.45. The summed E-state index contributed by atoms with van der Waals surface area (Å²) < 4.78 is 0. The van der Waals surface area contributed by atoms with Crippen molar-refractivity contribution >= 4 is 28.2 Å². The number of nitrogens with zero attached hydrogens (tertiary/aromatic N) is 2. The molecule has 0 atom stereocenters. The average molecular weight is 264 g/mol. The molecule has 0 bridgehead atoms. The van der Waals surface area contributed by atoms with Gasteiger partial charge in [-0.3, -0.25) is 9.78 Å². The van der Waals surface area contributed by atoms with Crippen molar-refractivity contribution in [2.45, 2.75) is 0 Å². The molecule has 5 nitrogen and oxygen atoms in total. The van der Waals surface area contributed by atoms with Crippen LogP contribution in [0.5, 0.6) is 0 Å². The summed E-state index contributed by atoms with van der Waals surface area (Å²) in [5.41, 5.74) is 6.78. The number of amides is 1. The van der Waals surface area contributed by atoms with Gasteiger partial charge in [0.1, 0.15) is 11.5 Å². The average Bonchev–Trinajstić information content (AvgIpc) is 2.48. The highest BCUT2D eigenvalue weighted by Crippen LogP contribution is 2.20. The number of carbonyl (C=O) groups is 1. The van der Waals surface area contributed by atoms with Crippen LogP contribution in [0.25, 0.3) is 10.8 Å². The van der Waals surface area contributed by atoms with Crippen molar-refractivity contribution in [3.05, 3.63) is 60.6 Å². The smallest absolute Gasteiger partial charge is 0.274 e. The van der Waals surface area contributed by atoms with Gasteiger partial charge in [-0.05, 0) is 23.6 Å². The minimum atomic E-state index is -0.310. The largest absolute Gasteiger partial charge is 0.383 e. The number of rotatable bonds is 2. The van der Waals surface area contributed by atoms with Gasteiger partial charge in [0.2, 0.25) is 0 Å². The molecule has 1 aromatic carbocycles. The number of nitrogens with two attached hydrogens (primary N) is 1. The highest BCUT2D eigenvalue weighted by Gasteiger charge is 2.10. The summed E-state index contributed by atoms with van der Waals surface area (Å²) >= 11 is 0. The van der Waals surface area contributed by atoms with Gasteiger partial charge in [-0.1, -0.05) is 24.3 Å². The standard InChI is InChI=1S/C15H12N4O/c16-14-12-6-2-1-4-10(12)8-13(19-14)15(20)18-11-5-3-7-17-9-11/h1-9H,(H2,16,19)(H,18,20). The Morgan fingerprint density at radius 3 is 2.80 bits per heavy atom. The number of aromatic nitrogens is 2. The third kappa shape index (κ3) is 2.29. The van der Waals surface area contributed by atoms with Crippen molar-refractivity contribution in [3.63, 3.8) is 0 Å². The summed E-state index contributed by atoms with van der Waals surface area (Å²) in [4.78, 5) is 20.2. The lowest BCUT2D eigenvalue weighted by Crippen LogP contribution is -2.14. The van der Waals surface area contributed by atoms with Gasteiger partial charge < -0.3 is 11.1 Å². The fourth-order valence-corrected chi connectivity index (χ4v) is 1.97. The topological polar surface area (TPSA) is 80.9 Å². The van der Waals surface area contributed by atoms with Crippen molar-refractivity contribution in [1.29, 1.82) is 0 Å². The zero-order valence-electron chi connectivity index (χ0n) is 10.6. The number of benzene rings is 1. The van der Waals surface area contributed by atoms with Crippen LogP contribution in [0.3, 0.4) is 0 Å². The number of hydrogen-bond donors (Lipinski definition) is 2. The maximum absolute atomic E-state index is 12.2. The second kappa shape index (κ2) is 4.97. The lowest BCUT2D eigenvalue weighted by molar-refractivity contribution is 0.102. The van der Waals surface area contributed by atoms with E-state index in [9.17, 15) is 4.79 Å². The fourth-order valence-electron chi connectivity index (χ4n) is 1.97. The molecule has 0 saturated carbocycles. The van der Waals surface area contributed by atoms with E-state index in [2.05, 4.69) is 15.3 Å². The maximum Gasteiger partial charge on any atom is 0.274 e. The zero-order chi connectivity index (χ0) is 13.9. The first-order valence-corrected chi connectivity index (χ1v) is 6.11. The Morgan fingerprint density at radius 2 is 2.00 bits per heavy atom. The monoisotopic (exact) mass is 264 g/mol. The lowest BCUT2D eigenvalue weighted by atomic mass is 10.1. The molecular formula is C15H12N4O. The molecule has 2 heterocycles. The quantitative estimate of drug-likeness (QED) is 0.745. The molecule has 3 rings (SSSR count).